The van der Waals surface area contributed by atoms with Crippen molar-refractivity contribution in [2.45, 2.75) is 13.3 Å². The zero-order valence-corrected chi connectivity index (χ0v) is 13.6. The van der Waals surface area contributed by atoms with E-state index in [0.717, 1.165) is 12.0 Å². The van der Waals surface area contributed by atoms with Gasteiger partial charge < -0.3 is 9.47 Å². The third-order valence-corrected chi connectivity index (χ3v) is 3.11. The third kappa shape index (κ3) is 4.70. The second kappa shape index (κ2) is 8.52. The fraction of sp³-hybridized carbons (Fsp3) is 0.235. The molecule has 0 aromatic heterocycles. The van der Waals surface area contributed by atoms with Crippen molar-refractivity contribution >= 4 is 17.6 Å². The van der Waals surface area contributed by atoms with Gasteiger partial charge >= 0.3 is 0 Å². The first-order chi connectivity index (χ1) is 11.6. The molecule has 0 aliphatic heterocycles. The smallest absolute Gasteiger partial charge is 0.271 e. The Morgan fingerprint density at radius 3 is 2.79 bits per heavy atom. The molecule has 0 saturated heterocycles. The molecule has 0 bridgehead atoms. The summed E-state index contributed by atoms with van der Waals surface area (Å²) in [6.07, 6.45) is 2.51. The van der Waals surface area contributed by atoms with Crippen molar-refractivity contribution in [3.05, 3.63) is 58.1 Å². The van der Waals surface area contributed by atoms with E-state index in [1.807, 2.05) is 19.1 Å². The number of methoxy groups -OCH3 is 1. The molecule has 2 aromatic carbocycles. The Balaban J connectivity index is 2.08. The zero-order valence-electron chi connectivity index (χ0n) is 13.6. The number of hydrogen-bond acceptors (Lipinski definition) is 6. The van der Waals surface area contributed by atoms with Crippen molar-refractivity contribution < 1.29 is 14.4 Å². The molecular formula is C17H19N3O4. The molecule has 126 valence electrons. The van der Waals surface area contributed by atoms with E-state index in [2.05, 4.69) is 10.5 Å². The van der Waals surface area contributed by atoms with Crippen LogP contribution >= 0.6 is 0 Å². The van der Waals surface area contributed by atoms with Gasteiger partial charge in [0.25, 0.3) is 5.69 Å². The topological polar surface area (TPSA) is 86.0 Å². The maximum absolute atomic E-state index is 10.7. The van der Waals surface area contributed by atoms with E-state index in [1.165, 1.54) is 12.1 Å². The Kier molecular flexibility index (Phi) is 6.13. The maximum Gasteiger partial charge on any atom is 0.271 e. The molecule has 2 rings (SSSR count). The third-order valence-electron chi connectivity index (χ3n) is 3.11. The van der Waals surface area contributed by atoms with Gasteiger partial charge in [-0.3, -0.25) is 15.5 Å². The van der Waals surface area contributed by atoms with E-state index in [1.54, 1.807) is 31.5 Å². The molecule has 0 spiro atoms. The second-order valence-electron chi connectivity index (χ2n) is 4.94. The number of nitrogens with one attached hydrogen (secondary N) is 1. The lowest BCUT2D eigenvalue weighted by Gasteiger charge is -2.10. The van der Waals surface area contributed by atoms with Crippen molar-refractivity contribution in [2.75, 3.05) is 19.1 Å². The van der Waals surface area contributed by atoms with Gasteiger partial charge in [0.2, 0.25) is 0 Å². The van der Waals surface area contributed by atoms with Gasteiger partial charge in [0.1, 0.15) is 0 Å². The van der Waals surface area contributed by atoms with Gasteiger partial charge in [0, 0.05) is 12.1 Å². The molecule has 0 saturated carbocycles. The quantitative estimate of drug-likeness (QED) is 0.452. The molecule has 24 heavy (non-hydrogen) atoms. The predicted molar refractivity (Wildman–Crippen MR) is 93.1 cm³/mol. The number of rotatable bonds is 8. The van der Waals surface area contributed by atoms with Crippen LogP contribution in [-0.2, 0) is 0 Å². The van der Waals surface area contributed by atoms with Gasteiger partial charge in [-0.15, -0.1) is 0 Å². The average molecular weight is 329 g/mol. The highest BCUT2D eigenvalue weighted by Crippen LogP contribution is 2.27. The Morgan fingerprint density at radius 1 is 1.25 bits per heavy atom. The number of benzene rings is 2. The molecule has 0 unspecified atom stereocenters. The normalized spacial score (nSPS) is 10.6. The van der Waals surface area contributed by atoms with Gasteiger partial charge in [-0.05, 0) is 36.2 Å². The monoisotopic (exact) mass is 329 g/mol. The summed E-state index contributed by atoms with van der Waals surface area (Å²) in [5.41, 5.74) is 4.14. The van der Waals surface area contributed by atoms with E-state index in [4.69, 9.17) is 9.47 Å². The van der Waals surface area contributed by atoms with Gasteiger partial charge in [-0.25, -0.2) is 0 Å². The summed E-state index contributed by atoms with van der Waals surface area (Å²) in [7, 11) is 1.59. The minimum absolute atomic E-state index is 0.00917. The number of nitro groups is 1. The molecule has 7 nitrogen and oxygen atoms in total. The van der Waals surface area contributed by atoms with Crippen LogP contribution in [0.1, 0.15) is 18.9 Å². The summed E-state index contributed by atoms with van der Waals surface area (Å²) in [5.74, 6) is 1.31. The van der Waals surface area contributed by atoms with E-state index in [0.29, 0.717) is 23.8 Å². The highest BCUT2D eigenvalue weighted by Gasteiger charge is 2.06. The molecule has 0 radical (unpaired) electrons. The number of nitrogens with zero attached hydrogens (tertiary/aromatic N) is 2. The molecule has 2 aromatic rings. The predicted octanol–water partition coefficient (Wildman–Crippen LogP) is 3.84. The molecule has 0 heterocycles. The minimum atomic E-state index is -0.449. The van der Waals surface area contributed by atoms with Crippen LogP contribution in [0, 0.1) is 10.1 Å². The standard InChI is InChI=1S/C17H19N3O4/c1-3-9-24-17-10-13(7-8-16(17)23-2)12-18-19-14-5-4-6-15(11-14)20(21)22/h4-8,10-12,19H,3,9H2,1-2H3/b18-12-. The Morgan fingerprint density at radius 2 is 2.08 bits per heavy atom. The molecular weight excluding hydrogens is 310 g/mol. The summed E-state index contributed by atoms with van der Waals surface area (Å²) < 4.78 is 10.9. The van der Waals surface area contributed by atoms with Crippen LogP contribution < -0.4 is 14.9 Å². The number of hydrazone groups is 1. The lowest BCUT2D eigenvalue weighted by atomic mass is 10.2. The van der Waals surface area contributed by atoms with Crippen LogP contribution in [0.25, 0.3) is 0 Å². The first-order valence-electron chi connectivity index (χ1n) is 7.48. The summed E-state index contributed by atoms with van der Waals surface area (Å²) in [6, 6.07) is 11.6. The number of non-ortho nitro benzene ring substituents is 1. The molecule has 0 fully saturated rings. The first-order valence-corrected chi connectivity index (χ1v) is 7.48. The Bertz CT molecular complexity index is 732. The molecule has 0 aliphatic rings. The molecule has 1 N–H and O–H groups in total. The zero-order chi connectivity index (χ0) is 17.4. The second-order valence-corrected chi connectivity index (χ2v) is 4.94. The van der Waals surface area contributed by atoms with Crippen molar-refractivity contribution in [3.63, 3.8) is 0 Å². The van der Waals surface area contributed by atoms with Crippen LogP contribution in [0.15, 0.2) is 47.6 Å². The van der Waals surface area contributed by atoms with Crippen LogP contribution in [0.4, 0.5) is 11.4 Å². The van der Waals surface area contributed by atoms with Crippen LogP contribution in [0.5, 0.6) is 11.5 Å². The van der Waals surface area contributed by atoms with Gasteiger partial charge in [-0.1, -0.05) is 13.0 Å². The highest BCUT2D eigenvalue weighted by molar-refractivity contribution is 5.81. The molecule has 0 amide bonds. The number of anilines is 1. The highest BCUT2D eigenvalue weighted by atomic mass is 16.6. The Labute approximate surface area is 140 Å². The largest absolute Gasteiger partial charge is 0.493 e. The van der Waals surface area contributed by atoms with E-state index >= 15 is 0 Å². The molecule has 0 aliphatic carbocycles. The fourth-order valence-electron chi connectivity index (χ4n) is 1.97. The lowest BCUT2D eigenvalue weighted by molar-refractivity contribution is -0.384. The SMILES string of the molecule is CCCOc1cc(/C=N\Nc2cccc([N+](=O)[O-])c2)ccc1OC. The molecule has 7 heteroatoms. The first kappa shape index (κ1) is 17.3. The van der Waals surface area contributed by atoms with Crippen LogP contribution in [-0.4, -0.2) is 24.9 Å². The van der Waals surface area contributed by atoms with Crippen molar-refractivity contribution in [1.29, 1.82) is 0 Å². The van der Waals surface area contributed by atoms with Crippen molar-refractivity contribution in [2.24, 2.45) is 5.10 Å². The average Bonchev–Trinajstić information content (AvgIpc) is 2.60. The van der Waals surface area contributed by atoms with Crippen molar-refractivity contribution in [3.8, 4) is 11.5 Å². The summed E-state index contributed by atoms with van der Waals surface area (Å²) >= 11 is 0. The van der Waals surface area contributed by atoms with Gasteiger partial charge in [-0.2, -0.15) is 5.10 Å². The lowest BCUT2D eigenvalue weighted by Crippen LogP contribution is -1.99. The fourth-order valence-corrected chi connectivity index (χ4v) is 1.97. The summed E-state index contributed by atoms with van der Waals surface area (Å²) in [6.45, 7) is 2.63. The van der Waals surface area contributed by atoms with Crippen LogP contribution in [0.3, 0.4) is 0 Å². The van der Waals surface area contributed by atoms with Gasteiger partial charge in [0.15, 0.2) is 11.5 Å². The van der Waals surface area contributed by atoms with Gasteiger partial charge in [0.05, 0.1) is 30.5 Å². The summed E-state index contributed by atoms with van der Waals surface area (Å²) in [5, 5.41) is 14.8. The van der Waals surface area contributed by atoms with Crippen molar-refractivity contribution in [1.82, 2.24) is 0 Å². The van der Waals surface area contributed by atoms with E-state index in [9.17, 15) is 10.1 Å². The minimum Gasteiger partial charge on any atom is -0.493 e. The van der Waals surface area contributed by atoms with E-state index < -0.39 is 4.92 Å². The molecule has 0 atom stereocenters. The summed E-state index contributed by atoms with van der Waals surface area (Å²) in [4.78, 5) is 10.3. The van der Waals surface area contributed by atoms with Crippen LogP contribution in [0.2, 0.25) is 0 Å². The van der Waals surface area contributed by atoms with E-state index in [-0.39, 0.29) is 5.69 Å². The maximum atomic E-state index is 10.7. The number of hydrogen-bond donors (Lipinski definition) is 1. The number of ether oxygens (including phenoxy) is 2. The number of nitro benzene ring substituents is 1. The Hall–Kier alpha value is -3.09.